The highest BCUT2D eigenvalue weighted by Crippen LogP contribution is 2.30. The van der Waals surface area contributed by atoms with Crippen LogP contribution in [-0.4, -0.2) is 28.3 Å². The minimum atomic E-state index is -0.379. The van der Waals surface area contributed by atoms with Crippen molar-refractivity contribution in [1.82, 2.24) is 9.78 Å². The molecule has 0 aliphatic carbocycles. The first-order valence-corrected chi connectivity index (χ1v) is 10.0. The molecule has 0 spiro atoms. The average Bonchev–Trinajstić information content (AvgIpc) is 3.30. The number of aryl methyl sites for hydroxylation is 1. The number of nitrogens with zero attached hydrogens (tertiary/aromatic N) is 2. The van der Waals surface area contributed by atoms with Crippen LogP contribution in [0.1, 0.15) is 32.6 Å². The summed E-state index contributed by atoms with van der Waals surface area (Å²) in [5.41, 5.74) is 2.89. The van der Waals surface area contributed by atoms with Crippen LogP contribution in [0.3, 0.4) is 0 Å². The maximum atomic E-state index is 12.7. The van der Waals surface area contributed by atoms with Crippen molar-refractivity contribution < 1.29 is 14.3 Å². The molecule has 6 nitrogen and oxygen atoms in total. The van der Waals surface area contributed by atoms with Crippen LogP contribution in [0.15, 0.2) is 60.7 Å². The number of nitrogens with one attached hydrogen (secondary N) is 1. The van der Waals surface area contributed by atoms with Gasteiger partial charge in [-0.3, -0.25) is 4.79 Å². The maximum Gasteiger partial charge on any atom is 0.338 e. The molecule has 4 aromatic rings. The third-order valence-electron chi connectivity index (χ3n) is 4.42. The molecule has 2 aromatic heterocycles. The number of carbonyl (C=O) groups excluding carboxylic acids is 2. The zero-order chi connectivity index (χ0) is 20.4. The lowest BCUT2D eigenvalue weighted by atomic mass is 10.2. The molecule has 0 bridgehead atoms. The number of carbonyl (C=O) groups is 2. The number of anilines is 1. The Morgan fingerprint density at radius 3 is 2.52 bits per heavy atom. The second kappa shape index (κ2) is 7.89. The molecule has 0 saturated heterocycles. The molecule has 1 amide bonds. The Labute approximate surface area is 171 Å². The summed E-state index contributed by atoms with van der Waals surface area (Å²) in [5, 5.41) is 8.43. The number of aromatic nitrogens is 2. The SMILES string of the molecule is CCOC(=O)c1ccc(NC(=O)c2cc3c(C)nn(-c4ccccc4)c3s2)cc1. The van der Waals surface area contributed by atoms with Gasteiger partial charge in [0, 0.05) is 11.1 Å². The van der Waals surface area contributed by atoms with Crippen LogP contribution in [0.5, 0.6) is 0 Å². The first kappa shape index (κ1) is 18.9. The number of ether oxygens (including phenoxy) is 1. The molecule has 7 heteroatoms. The fourth-order valence-electron chi connectivity index (χ4n) is 3.00. The average molecular weight is 405 g/mol. The summed E-state index contributed by atoms with van der Waals surface area (Å²) in [6.45, 7) is 4.02. The van der Waals surface area contributed by atoms with E-state index in [0.29, 0.717) is 22.7 Å². The summed E-state index contributed by atoms with van der Waals surface area (Å²) in [6.07, 6.45) is 0. The van der Waals surface area contributed by atoms with Gasteiger partial charge in [0.15, 0.2) is 0 Å². The maximum absolute atomic E-state index is 12.7. The molecule has 0 aliphatic rings. The van der Waals surface area contributed by atoms with Gasteiger partial charge in [-0.2, -0.15) is 5.10 Å². The molecule has 29 heavy (non-hydrogen) atoms. The Morgan fingerprint density at radius 2 is 1.83 bits per heavy atom. The fourth-order valence-corrected chi connectivity index (χ4v) is 4.08. The molecular formula is C22H19N3O3S. The van der Waals surface area contributed by atoms with Crippen molar-refractivity contribution in [1.29, 1.82) is 0 Å². The van der Waals surface area contributed by atoms with Gasteiger partial charge < -0.3 is 10.1 Å². The number of benzene rings is 2. The summed E-state index contributed by atoms with van der Waals surface area (Å²) in [7, 11) is 0. The molecule has 2 aromatic carbocycles. The monoisotopic (exact) mass is 405 g/mol. The molecule has 0 radical (unpaired) electrons. The van der Waals surface area contributed by atoms with Crippen molar-refractivity contribution >= 4 is 39.1 Å². The van der Waals surface area contributed by atoms with Gasteiger partial charge in [-0.05, 0) is 56.3 Å². The second-order valence-electron chi connectivity index (χ2n) is 6.41. The van der Waals surface area contributed by atoms with Crippen LogP contribution >= 0.6 is 11.3 Å². The molecular weight excluding hydrogens is 386 g/mol. The largest absolute Gasteiger partial charge is 0.462 e. The quantitative estimate of drug-likeness (QED) is 0.483. The smallest absolute Gasteiger partial charge is 0.338 e. The first-order chi connectivity index (χ1) is 14.1. The summed E-state index contributed by atoms with van der Waals surface area (Å²) >= 11 is 1.40. The topological polar surface area (TPSA) is 73.2 Å². The Morgan fingerprint density at radius 1 is 1.10 bits per heavy atom. The summed E-state index contributed by atoms with van der Waals surface area (Å²) < 4.78 is 6.83. The van der Waals surface area contributed by atoms with E-state index in [9.17, 15) is 9.59 Å². The molecule has 2 heterocycles. The molecule has 0 unspecified atom stereocenters. The van der Waals surface area contributed by atoms with Crippen molar-refractivity contribution in [2.45, 2.75) is 13.8 Å². The molecule has 0 saturated carbocycles. The van der Waals surface area contributed by atoms with E-state index >= 15 is 0 Å². The van der Waals surface area contributed by atoms with Crippen molar-refractivity contribution in [3.8, 4) is 5.69 Å². The molecule has 0 aliphatic heterocycles. The lowest BCUT2D eigenvalue weighted by Crippen LogP contribution is -2.10. The molecule has 146 valence electrons. The molecule has 4 rings (SSSR count). The van der Waals surface area contributed by atoms with Crippen molar-refractivity contribution in [3.05, 3.63) is 76.8 Å². The van der Waals surface area contributed by atoms with Crippen LogP contribution < -0.4 is 5.32 Å². The van der Waals surface area contributed by atoms with Gasteiger partial charge in [0.2, 0.25) is 0 Å². The van der Waals surface area contributed by atoms with E-state index < -0.39 is 0 Å². The van der Waals surface area contributed by atoms with E-state index in [1.54, 1.807) is 31.2 Å². The zero-order valence-electron chi connectivity index (χ0n) is 16.0. The Hall–Kier alpha value is -3.45. The van der Waals surface area contributed by atoms with E-state index in [0.717, 1.165) is 21.6 Å². The van der Waals surface area contributed by atoms with Crippen molar-refractivity contribution in [2.75, 3.05) is 11.9 Å². The van der Waals surface area contributed by atoms with Crippen LogP contribution in [0, 0.1) is 6.92 Å². The first-order valence-electron chi connectivity index (χ1n) is 9.20. The number of hydrogen-bond acceptors (Lipinski definition) is 5. The Kier molecular flexibility index (Phi) is 5.14. The Balaban J connectivity index is 1.57. The van der Waals surface area contributed by atoms with E-state index in [2.05, 4.69) is 10.4 Å². The van der Waals surface area contributed by atoms with Gasteiger partial charge in [0.05, 0.1) is 28.4 Å². The highest BCUT2D eigenvalue weighted by atomic mass is 32.1. The van der Waals surface area contributed by atoms with Crippen molar-refractivity contribution in [3.63, 3.8) is 0 Å². The standard InChI is InChI=1S/C22H19N3O3S/c1-3-28-22(27)15-9-11-16(12-10-15)23-20(26)19-13-18-14(2)24-25(21(18)29-19)17-7-5-4-6-8-17/h4-13H,3H2,1-2H3,(H,23,26). The predicted molar refractivity (Wildman–Crippen MR) is 114 cm³/mol. The predicted octanol–water partition coefficient (Wildman–Crippen LogP) is 4.82. The van der Waals surface area contributed by atoms with E-state index in [4.69, 9.17) is 4.74 Å². The number of para-hydroxylation sites is 1. The summed E-state index contributed by atoms with van der Waals surface area (Å²) in [6, 6.07) is 18.3. The van der Waals surface area contributed by atoms with Crippen LogP contribution in [0.25, 0.3) is 15.9 Å². The lowest BCUT2D eigenvalue weighted by Gasteiger charge is -2.05. The van der Waals surface area contributed by atoms with Crippen LogP contribution in [-0.2, 0) is 4.74 Å². The Bertz CT molecular complexity index is 1180. The number of rotatable bonds is 5. The van der Waals surface area contributed by atoms with Gasteiger partial charge in [-0.15, -0.1) is 11.3 Å². The summed E-state index contributed by atoms with van der Waals surface area (Å²) in [5.74, 6) is -0.579. The van der Waals surface area contributed by atoms with Crippen LogP contribution in [0.2, 0.25) is 0 Å². The van der Waals surface area contributed by atoms with Crippen molar-refractivity contribution in [2.24, 2.45) is 0 Å². The molecule has 0 fully saturated rings. The minimum Gasteiger partial charge on any atom is -0.462 e. The number of hydrogen-bond donors (Lipinski definition) is 1. The highest BCUT2D eigenvalue weighted by molar-refractivity contribution is 7.20. The third-order valence-corrected chi connectivity index (χ3v) is 5.53. The second-order valence-corrected chi connectivity index (χ2v) is 7.44. The minimum absolute atomic E-state index is 0.200. The van der Waals surface area contributed by atoms with Crippen LogP contribution in [0.4, 0.5) is 5.69 Å². The van der Waals surface area contributed by atoms with Gasteiger partial charge in [0.25, 0.3) is 5.91 Å². The number of esters is 1. The van der Waals surface area contributed by atoms with E-state index in [1.165, 1.54) is 11.3 Å². The third kappa shape index (κ3) is 3.77. The summed E-state index contributed by atoms with van der Waals surface area (Å²) in [4.78, 5) is 26.0. The van der Waals surface area contributed by atoms with Gasteiger partial charge in [-0.1, -0.05) is 18.2 Å². The normalized spacial score (nSPS) is 10.8. The van der Waals surface area contributed by atoms with Gasteiger partial charge >= 0.3 is 5.97 Å². The number of amides is 1. The van der Waals surface area contributed by atoms with Gasteiger partial charge in [-0.25, -0.2) is 9.48 Å². The number of fused-ring (bicyclic) bond motifs is 1. The molecule has 0 atom stereocenters. The van der Waals surface area contributed by atoms with E-state index in [1.807, 2.05) is 48.0 Å². The molecule has 1 N–H and O–H groups in total. The lowest BCUT2D eigenvalue weighted by molar-refractivity contribution is 0.0526. The highest BCUT2D eigenvalue weighted by Gasteiger charge is 2.17. The fraction of sp³-hybridized carbons (Fsp3) is 0.136. The number of thiophene rings is 1. The van der Waals surface area contributed by atoms with Gasteiger partial charge in [0.1, 0.15) is 4.83 Å². The van der Waals surface area contributed by atoms with E-state index in [-0.39, 0.29) is 11.9 Å². The zero-order valence-corrected chi connectivity index (χ0v) is 16.8.